The number of phenols is 2. The van der Waals surface area contributed by atoms with E-state index in [2.05, 4.69) is 0 Å². The molecule has 2 aromatic rings. The fourth-order valence-electron chi connectivity index (χ4n) is 1.52. The first-order valence-corrected chi connectivity index (χ1v) is 5.12. The van der Waals surface area contributed by atoms with E-state index in [4.69, 9.17) is 0 Å². The molecule has 0 unspecified atom stereocenters. The zero-order valence-corrected chi connectivity index (χ0v) is 9.09. The molecule has 0 saturated carbocycles. The molecule has 3 heteroatoms. The fourth-order valence-corrected chi connectivity index (χ4v) is 1.52. The van der Waals surface area contributed by atoms with Gasteiger partial charge in [-0.2, -0.15) is 0 Å². The fraction of sp³-hybridized carbons (Fsp3) is 0.154. The lowest BCUT2D eigenvalue weighted by Crippen LogP contribution is -2.33. The summed E-state index contributed by atoms with van der Waals surface area (Å²) in [6.07, 6.45) is 3.97. The van der Waals surface area contributed by atoms with Crippen molar-refractivity contribution in [1.82, 2.24) is 0 Å². The number of pyridine rings is 1. The SMILES string of the molecule is Cc1cc[n+](Cc2ccc(O)c(O)c2)cc1. The van der Waals surface area contributed by atoms with Crippen molar-refractivity contribution < 1.29 is 14.8 Å². The minimum atomic E-state index is -0.0855. The Bertz CT molecular complexity index is 492. The number of nitrogens with zero attached hydrogens (tertiary/aromatic N) is 1. The highest BCUT2D eigenvalue weighted by molar-refractivity contribution is 5.40. The number of hydrogen-bond donors (Lipinski definition) is 2. The van der Waals surface area contributed by atoms with E-state index in [0.717, 1.165) is 5.56 Å². The van der Waals surface area contributed by atoms with Crippen LogP contribution in [-0.4, -0.2) is 10.2 Å². The van der Waals surface area contributed by atoms with Crippen molar-refractivity contribution in [3.63, 3.8) is 0 Å². The van der Waals surface area contributed by atoms with E-state index in [-0.39, 0.29) is 11.5 Å². The highest BCUT2D eigenvalue weighted by Gasteiger charge is 2.05. The van der Waals surface area contributed by atoms with Gasteiger partial charge < -0.3 is 10.2 Å². The minimum absolute atomic E-state index is 0.0785. The molecule has 2 N–H and O–H groups in total. The molecule has 3 nitrogen and oxygen atoms in total. The third kappa shape index (κ3) is 2.31. The molecule has 1 heterocycles. The number of aromatic hydroxyl groups is 2. The van der Waals surface area contributed by atoms with Gasteiger partial charge in [0, 0.05) is 17.7 Å². The van der Waals surface area contributed by atoms with Crippen LogP contribution < -0.4 is 4.57 Å². The molecule has 2 rings (SSSR count). The van der Waals surface area contributed by atoms with Gasteiger partial charge >= 0.3 is 0 Å². The Hall–Kier alpha value is -2.03. The Morgan fingerprint density at radius 3 is 2.31 bits per heavy atom. The maximum Gasteiger partial charge on any atom is 0.173 e. The lowest BCUT2D eigenvalue weighted by Gasteiger charge is -2.01. The molecule has 16 heavy (non-hydrogen) atoms. The molecule has 1 aromatic carbocycles. The third-order valence-corrected chi connectivity index (χ3v) is 2.46. The molecule has 0 saturated heterocycles. The summed E-state index contributed by atoms with van der Waals surface area (Å²) >= 11 is 0. The first-order chi connectivity index (χ1) is 7.65. The number of phenolic OH excluding ortho intramolecular Hbond substituents is 2. The van der Waals surface area contributed by atoms with Crippen molar-refractivity contribution >= 4 is 0 Å². The second-order valence-corrected chi connectivity index (χ2v) is 3.87. The molecule has 0 amide bonds. The number of benzene rings is 1. The molecule has 0 fully saturated rings. The van der Waals surface area contributed by atoms with Crippen LogP contribution in [0.5, 0.6) is 11.5 Å². The van der Waals surface area contributed by atoms with Gasteiger partial charge in [0.05, 0.1) is 0 Å². The van der Waals surface area contributed by atoms with Gasteiger partial charge in [0.15, 0.2) is 30.4 Å². The molecule has 0 bridgehead atoms. The Labute approximate surface area is 94.2 Å². The Kier molecular flexibility index (Phi) is 2.77. The van der Waals surface area contributed by atoms with E-state index < -0.39 is 0 Å². The predicted octanol–water partition coefficient (Wildman–Crippen LogP) is 1.74. The van der Waals surface area contributed by atoms with Gasteiger partial charge in [-0.1, -0.05) is 0 Å². The summed E-state index contributed by atoms with van der Waals surface area (Å²) in [5.74, 6) is -0.164. The van der Waals surface area contributed by atoms with Crippen LogP contribution in [0.4, 0.5) is 0 Å². The summed E-state index contributed by atoms with van der Waals surface area (Å²) in [6, 6.07) is 8.92. The molecular weight excluding hydrogens is 202 g/mol. The molecule has 0 aliphatic heterocycles. The average molecular weight is 216 g/mol. The van der Waals surface area contributed by atoms with E-state index in [1.807, 2.05) is 36.0 Å². The molecule has 0 aliphatic rings. The molecule has 0 spiro atoms. The van der Waals surface area contributed by atoms with E-state index in [1.54, 1.807) is 12.1 Å². The molecule has 82 valence electrons. The van der Waals surface area contributed by atoms with E-state index in [1.165, 1.54) is 11.6 Å². The zero-order valence-electron chi connectivity index (χ0n) is 9.09. The van der Waals surface area contributed by atoms with Crippen molar-refractivity contribution in [1.29, 1.82) is 0 Å². The minimum Gasteiger partial charge on any atom is -0.504 e. The highest BCUT2D eigenvalue weighted by atomic mass is 16.3. The first kappa shape index (κ1) is 10.5. The lowest BCUT2D eigenvalue weighted by molar-refractivity contribution is -0.688. The summed E-state index contributed by atoms with van der Waals surface area (Å²) in [6.45, 7) is 2.71. The Morgan fingerprint density at radius 2 is 1.69 bits per heavy atom. The molecule has 1 aromatic heterocycles. The molecule has 0 aliphatic carbocycles. The average Bonchev–Trinajstić information content (AvgIpc) is 2.27. The van der Waals surface area contributed by atoms with Crippen LogP contribution in [0, 0.1) is 6.92 Å². The van der Waals surface area contributed by atoms with Crippen molar-refractivity contribution in [2.75, 3.05) is 0 Å². The van der Waals surface area contributed by atoms with Gasteiger partial charge in [-0.3, -0.25) is 0 Å². The number of aromatic nitrogens is 1. The van der Waals surface area contributed by atoms with Crippen molar-refractivity contribution in [3.8, 4) is 11.5 Å². The smallest absolute Gasteiger partial charge is 0.173 e. The quantitative estimate of drug-likeness (QED) is 0.593. The Morgan fingerprint density at radius 1 is 1.00 bits per heavy atom. The van der Waals surface area contributed by atoms with Crippen LogP contribution >= 0.6 is 0 Å². The summed E-state index contributed by atoms with van der Waals surface area (Å²) in [7, 11) is 0. The second-order valence-electron chi connectivity index (χ2n) is 3.87. The topological polar surface area (TPSA) is 44.3 Å². The van der Waals surface area contributed by atoms with Crippen LogP contribution in [0.1, 0.15) is 11.1 Å². The molecule has 0 radical (unpaired) electrons. The maximum atomic E-state index is 9.36. The zero-order chi connectivity index (χ0) is 11.5. The van der Waals surface area contributed by atoms with Crippen molar-refractivity contribution in [2.24, 2.45) is 0 Å². The number of rotatable bonds is 2. The largest absolute Gasteiger partial charge is 0.504 e. The monoisotopic (exact) mass is 216 g/mol. The number of aryl methyl sites for hydroxylation is 1. The van der Waals surface area contributed by atoms with Crippen LogP contribution in [0.15, 0.2) is 42.7 Å². The summed E-state index contributed by atoms with van der Waals surface area (Å²) in [5, 5.41) is 18.6. The molecular formula is C13H14NO2+. The Balaban J connectivity index is 2.20. The first-order valence-electron chi connectivity index (χ1n) is 5.12. The van der Waals surface area contributed by atoms with Crippen LogP contribution in [-0.2, 0) is 6.54 Å². The summed E-state index contributed by atoms with van der Waals surface area (Å²) in [4.78, 5) is 0. The second kappa shape index (κ2) is 4.23. The van der Waals surface area contributed by atoms with Gasteiger partial charge in [0.25, 0.3) is 0 Å². The molecule has 0 atom stereocenters. The van der Waals surface area contributed by atoms with Crippen molar-refractivity contribution in [3.05, 3.63) is 53.9 Å². The van der Waals surface area contributed by atoms with Gasteiger partial charge in [-0.25, -0.2) is 4.57 Å². The van der Waals surface area contributed by atoms with Crippen LogP contribution in [0.2, 0.25) is 0 Å². The van der Waals surface area contributed by atoms with Crippen molar-refractivity contribution in [2.45, 2.75) is 13.5 Å². The highest BCUT2D eigenvalue weighted by Crippen LogP contribution is 2.24. The van der Waals surface area contributed by atoms with E-state index in [9.17, 15) is 10.2 Å². The van der Waals surface area contributed by atoms with Gasteiger partial charge in [-0.05, 0) is 30.7 Å². The normalized spacial score (nSPS) is 10.3. The van der Waals surface area contributed by atoms with Crippen LogP contribution in [0.3, 0.4) is 0 Å². The summed E-state index contributed by atoms with van der Waals surface area (Å²) in [5.41, 5.74) is 2.16. The summed E-state index contributed by atoms with van der Waals surface area (Å²) < 4.78 is 2.01. The maximum absolute atomic E-state index is 9.36. The third-order valence-electron chi connectivity index (χ3n) is 2.46. The van der Waals surface area contributed by atoms with Gasteiger partial charge in [0.2, 0.25) is 0 Å². The van der Waals surface area contributed by atoms with Crippen LogP contribution in [0.25, 0.3) is 0 Å². The number of hydrogen-bond acceptors (Lipinski definition) is 2. The standard InChI is InChI=1S/C13H13NO2/c1-10-4-6-14(7-5-10)9-11-2-3-12(15)13(16)8-11/h2-8H,9H2,1H3,(H-,15,16)/p+1. The van der Waals surface area contributed by atoms with Gasteiger partial charge in [0.1, 0.15) is 0 Å². The van der Waals surface area contributed by atoms with Gasteiger partial charge in [-0.15, -0.1) is 0 Å². The van der Waals surface area contributed by atoms with E-state index >= 15 is 0 Å². The lowest BCUT2D eigenvalue weighted by atomic mass is 10.2. The van der Waals surface area contributed by atoms with E-state index in [0.29, 0.717) is 6.54 Å². The predicted molar refractivity (Wildman–Crippen MR) is 60.2 cm³/mol.